The molecule has 8 aromatic rings. The van der Waals surface area contributed by atoms with E-state index in [9.17, 15) is 5.26 Å². The fraction of sp³-hybridized carbons (Fsp3) is 0. The van der Waals surface area contributed by atoms with Gasteiger partial charge in [-0.05, 0) is 97.6 Å². The normalized spacial score (nSPS) is 10.8. The van der Waals surface area contributed by atoms with Crippen LogP contribution in [-0.4, -0.2) is 0 Å². The van der Waals surface area contributed by atoms with Gasteiger partial charge >= 0.3 is 0 Å². The molecule has 0 fully saturated rings. The summed E-state index contributed by atoms with van der Waals surface area (Å²) in [5.74, 6) is 0. The number of thiol groups is 1. The summed E-state index contributed by atoms with van der Waals surface area (Å²) in [5.41, 5.74) is 16.2. The molecule has 0 aliphatic heterocycles. The number of nitrogens with one attached hydrogen (secondary N) is 1. The third-order valence-electron chi connectivity index (χ3n) is 9.44. The quantitative estimate of drug-likeness (QED) is 0.157. The number of hydrogen-bond donors (Lipinski definition) is 2. The zero-order chi connectivity index (χ0) is 35.3. The summed E-state index contributed by atoms with van der Waals surface area (Å²) in [4.78, 5) is 0.984. The maximum atomic E-state index is 9.39. The van der Waals surface area contributed by atoms with Crippen molar-refractivity contribution in [3.63, 3.8) is 0 Å². The van der Waals surface area contributed by atoms with Crippen LogP contribution >= 0.6 is 12.6 Å². The molecule has 1 N–H and O–H groups in total. The lowest BCUT2D eigenvalue weighted by atomic mass is 9.94. The van der Waals surface area contributed by atoms with Crippen molar-refractivity contribution in [2.24, 2.45) is 0 Å². The molecule has 0 atom stereocenters. The predicted molar refractivity (Wildman–Crippen MR) is 221 cm³/mol. The van der Waals surface area contributed by atoms with Crippen LogP contribution in [0.1, 0.15) is 5.56 Å². The highest BCUT2D eigenvalue weighted by Crippen LogP contribution is 2.38. The van der Waals surface area contributed by atoms with Gasteiger partial charge in [0, 0.05) is 21.8 Å². The first-order chi connectivity index (χ1) is 25.6. The maximum Gasteiger partial charge on any atom is 0.0992 e. The standard InChI is InChI=1S/C49H34N2S/c50-33-34-10-7-17-44(30-34)51-48-29-28-43(32-47(48)39-13-5-2-6-14-39)37-22-20-35(21-23-37)41-15-8-16-42(31-41)36-24-26-40(27-25-36)46-19-9-18-45(49(46)52)38-11-3-1-4-12-38/h1-32,51-52H. The van der Waals surface area contributed by atoms with Gasteiger partial charge in [-0.2, -0.15) is 5.26 Å². The Hall–Kier alpha value is -6.60. The van der Waals surface area contributed by atoms with E-state index in [1.165, 1.54) is 27.8 Å². The van der Waals surface area contributed by atoms with Crippen LogP contribution in [0.4, 0.5) is 11.4 Å². The molecule has 8 rings (SSSR count). The fourth-order valence-corrected chi connectivity index (χ4v) is 7.12. The van der Waals surface area contributed by atoms with E-state index in [-0.39, 0.29) is 0 Å². The minimum Gasteiger partial charge on any atom is -0.355 e. The average Bonchev–Trinajstić information content (AvgIpc) is 3.22. The number of anilines is 2. The Kier molecular flexibility index (Phi) is 9.22. The van der Waals surface area contributed by atoms with E-state index in [2.05, 4.69) is 169 Å². The molecule has 0 radical (unpaired) electrons. The molecule has 0 aliphatic rings. The molecule has 8 aromatic carbocycles. The summed E-state index contributed by atoms with van der Waals surface area (Å²) in [6.07, 6.45) is 0. The van der Waals surface area contributed by atoms with Crippen molar-refractivity contribution in [3.8, 4) is 72.8 Å². The lowest BCUT2D eigenvalue weighted by molar-refractivity contribution is 1.44. The van der Waals surface area contributed by atoms with Gasteiger partial charge in [-0.15, -0.1) is 12.6 Å². The Balaban J connectivity index is 1.04. The van der Waals surface area contributed by atoms with Gasteiger partial charge in [-0.25, -0.2) is 0 Å². The Labute approximate surface area is 310 Å². The fourth-order valence-electron chi connectivity index (χ4n) is 6.71. The van der Waals surface area contributed by atoms with Crippen molar-refractivity contribution < 1.29 is 0 Å². The molecule has 52 heavy (non-hydrogen) atoms. The van der Waals surface area contributed by atoms with Crippen LogP contribution in [0.25, 0.3) is 66.8 Å². The molecule has 0 bridgehead atoms. The van der Waals surface area contributed by atoms with E-state index in [0.717, 1.165) is 55.2 Å². The summed E-state index contributed by atoms with van der Waals surface area (Å²) in [6, 6.07) is 69.8. The van der Waals surface area contributed by atoms with Crippen LogP contribution in [0.5, 0.6) is 0 Å². The first kappa shape index (κ1) is 32.6. The van der Waals surface area contributed by atoms with E-state index in [1.54, 1.807) is 0 Å². The molecule has 0 aromatic heterocycles. The number of hydrogen-bond acceptors (Lipinski definition) is 3. The molecule has 0 heterocycles. The molecule has 0 saturated carbocycles. The molecule has 0 spiro atoms. The Morgan fingerprint density at radius 1 is 0.365 bits per heavy atom. The molecule has 0 amide bonds. The van der Waals surface area contributed by atoms with Crippen LogP contribution in [-0.2, 0) is 0 Å². The molecular weight excluding hydrogens is 649 g/mol. The molecule has 3 heteroatoms. The Morgan fingerprint density at radius 2 is 0.808 bits per heavy atom. The summed E-state index contributed by atoms with van der Waals surface area (Å²) >= 11 is 4.95. The lowest BCUT2D eigenvalue weighted by Crippen LogP contribution is -1.95. The van der Waals surface area contributed by atoms with Gasteiger partial charge in [0.25, 0.3) is 0 Å². The molecule has 246 valence electrons. The van der Waals surface area contributed by atoms with Crippen molar-refractivity contribution in [1.82, 2.24) is 0 Å². The first-order valence-electron chi connectivity index (χ1n) is 17.3. The molecular formula is C49H34N2S. The highest BCUT2D eigenvalue weighted by Gasteiger charge is 2.12. The van der Waals surface area contributed by atoms with Gasteiger partial charge in [0.1, 0.15) is 0 Å². The van der Waals surface area contributed by atoms with Gasteiger partial charge in [-0.1, -0.05) is 158 Å². The minimum absolute atomic E-state index is 0.625. The third-order valence-corrected chi connectivity index (χ3v) is 9.92. The van der Waals surface area contributed by atoms with Crippen molar-refractivity contribution in [1.29, 1.82) is 5.26 Å². The zero-order valence-electron chi connectivity index (χ0n) is 28.4. The highest BCUT2D eigenvalue weighted by molar-refractivity contribution is 7.80. The van der Waals surface area contributed by atoms with E-state index in [0.29, 0.717) is 5.56 Å². The maximum absolute atomic E-state index is 9.39. The van der Waals surface area contributed by atoms with Crippen molar-refractivity contribution in [2.45, 2.75) is 4.90 Å². The monoisotopic (exact) mass is 682 g/mol. The van der Waals surface area contributed by atoms with Gasteiger partial charge in [0.15, 0.2) is 0 Å². The lowest BCUT2D eigenvalue weighted by Gasteiger charge is -2.15. The number of nitrogens with zero attached hydrogens (tertiary/aromatic N) is 1. The topological polar surface area (TPSA) is 35.8 Å². The Bertz CT molecular complexity index is 2530. The molecule has 0 saturated heterocycles. The van der Waals surface area contributed by atoms with E-state index < -0.39 is 0 Å². The second kappa shape index (κ2) is 14.7. The highest BCUT2D eigenvalue weighted by atomic mass is 32.1. The molecule has 0 unspecified atom stereocenters. The summed E-state index contributed by atoms with van der Waals surface area (Å²) in [7, 11) is 0. The van der Waals surface area contributed by atoms with Gasteiger partial charge < -0.3 is 5.32 Å². The zero-order valence-corrected chi connectivity index (χ0v) is 29.3. The molecule has 0 aliphatic carbocycles. The van der Waals surface area contributed by atoms with Crippen LogP contribution in [0, 0.1) is 11.3 Å². The smallest absolute Gasteiger partial charge is 0.0992 e. The van der Waals surface area contributed by atoms with E-state index in [1.807, 2.05) is 36.4 Å². The summed E-state index contributed by atoms with van der Waals surface area (Å²) < 4.78 is 0. The first-order valence-corrected chi connectivity index (χ1v) is 17.7. The summed E-state index contributed by atoms with van der Waals surface area (Å²) in [5, 5.41) is 12.9. The van der Waals surface area contributed by atoms with Crippen LogP contribution < -0.4 is 5.32 Å². The van der Waals surface area contributed by atoms with Crippen LogP contribution in [0.3, 0.4) is 0 Å². The Morgan fingerprint density at radius 3 is 1.38 bits per heavy atom. The summed E-state index contributed by atoms with van der Waals surface area (Å²) in [6.45, 7) is 0. The molecule has 2 nitrogen and oxygen atoms in total. The van der Waals surface area contributed by atoms with Gasteiger partial charge in [0.2, 0.25) is 0 Å². The second-order valence-corrected chi connectivity index (χ2v) is 13.2. The van der Waals surface area contributed by atoms with Crippen molar-refractivity contribution >= 4 is 24.0 Å². The third kappa shape index (κ3) is 6.89. The largest absolute Gasteiger partial charge is 0.355 e. The number of rotatable bonds is 8. The van der Waals surface area contributed by atoms with Crippen LogP contribution in [0.2, 0.25) is 0 Å². The SMILES string of the molecule is N#Cc1cccc(Nc2ccc(-c3ccc(-c4cccc(-c5ccc(-c6cccc(-c7ccccc7)c6S)cc5)c4)cc3)cc2-c2ccccc2)c1. The second-order valence-electron chi connectivity index (χ2n) is 12.7. The van der Waals surface area contributed by atoms with Crippen LogP contribution in [0.15, 0.2) is 199 Å². The van der Waals surface area contributed by atoms with E-state index in [4.69, 9.17) is 12.6 Å². The van der Waals surface area contributed by atoms with Crippen molar-refractivity contribution in [3.05, 3.63) is 200 Å². The van der Waals surface area contributed by atoms with Gasteiger partial charge in [-0.3, -0.25) is 0 Å². The van der Waals surface area contributed by atoms with Crippen molar-refractivity contribution in [2.75, 3.05) is 5.32 Å². The van der Waals surface area contributed by atoms with Gasteiger partial charge in [0.05, 0.1) is 11.6 Å². The average molecular weight is 683 g/mol. The number of benzene rings is 8. The predicted octanol–water partition coefficient (Wildman–Crippen LogP) is 13.6. The number of nitriles is 1. The minimum atomic E-state index is 0.625. The van der Waals surface area contributed by atoms with E-state index >= 15 is 0 Å².